The summed E-state index contributed by atoms with van der Waals surface area (Å²) in [6, 6.07) is 0. The van der Waals surface area contributed by atoms with E-state index < -0.39 is 11.6 Å². The van der Waals surface area contributed by atoms with Crippen molar-refractivity contribution in [3.05, 3.63) is 0 Å². The van der Waals surface area contributed by atoms with Gasteiger partial charge in [-0.3, -0.25) is 0 Å². The third-order valence-corrected chi connectivity index (χ3v) is 3.54. The van der Waals surface area contributed by atoms with E-state index in [0.717, 1.165) is 0 Å². The number of ether oxygens (including phenoxy) is 2. The smallest absolute Gasteiger partial charge is 0.338 e. The molecule has 0 aromatic rings. The summed E-state index contributed by atoms with van der Waals surface area (Å²) in [6.07, 6.45) is 1.95. The zero-order valence-electron chi connectivity index (χ0n) is 11.2. The van der Waals surface area contributed by atoms with Crippen molar-refractivity contribution in [2.24, 2.45) is 5.92 Å². The number of hydrogen-bond acceptors (Lipinski definition) is 4. The van der Waals surface area contributed by atoms with Gasteiger partial charge in [0.25, 0.3) is 0 Å². The molecule has 0 aromatic carbocycles. The van der Waals surface area contributed by atoms with Crippen LogP contribution in [0.25, 0.3) is 0 Å². The molecule has 0 aliphatic carbocycles. The van der Waals surface area contributed by atoms with Crippen LogP contribution >= 0.6 is 0 Å². The Bertz CT molecular complexity index is 256. The monoisotopic (exact) mass is 244 g/mol. The van der Waals surface area contributed by atoms with Gasteiger partial charge in [0.1, 0.15) is 0 Å². The largest absolute Gasteiger partial charge is 0.464 e. The fraction of sp³-hybridized carbons (Fsp3) is 0.923. The Balaban J connectivity index is 2.80. The predicted octanol–water partition coefficient (Wildman–Crippen LogP) is 1.89. The number of carbonyl (C=O) groups is 1. The van der Waals surface area contributed by atoms with E-state index in [2.05, 4.69) is 0 Å². The van der Waals surface area contributed by atoms with Gasteiger partial charge in [-0.1, -0.05) is 6.92 Å². The van der Waals surface area contributed by atoms with Crippen molar-refractivity contribution in [1.29, 1.82) is 0 Å². The van der Waals surface area contributed by atoms with Crippen LogP contribution in [-0.4, -0.2) is 35.5 Å². The van der Waals surface area contributed by atoms with Crippen LogP contribution in [0.2, 0.25) is 0 Å². The fourth-order valence-corrected chi connectivity index (χ4v) is 2.65. The highest BCUT2D eigenvalue weighted by Gasteiger charge is 2.46. The number of hydrogen-bond donors (Lipinski definition) is 1. The molecule has 3 atom stereocenters. The molecule has 0 radical (unpaired) electrons. The lowest BCUT2D eigenvalue weighted by molar-refractivity contribution is -0.181. The van der Waals surface area contributed by atoms with Crippen LogP contribution in [0.4, 0.5) is 0 Å². The second-order valence-electron chi connectivity index (χ2n) is 4.92. The summed E-state index contributed by atoms with van der Waals surface area (Å²) >= 11 is 0. The molecule has 0 spiro atoms. The van der Waals surface area contributed by atoms with Gasteiger partial charge in [0.05, 0.1) is 18.8 Å². The molecule has 1 N–H and O–H groups in total. The van der Waals surface area contributed by atoms with Gasteiger partial charge >= 0.3 is 5.97 Å². The Kier molecular flexibility index (Phi) is 4.95. The fourth-order valence-electron chi connectivity index (χ4n) is 2.65. The molecule has 1 aliphatic rings. The molecule has 0 amide bonds. The van der Waals surface area contributed by atoms with Gasteiger partial charge in [-0.2, -0.15) is 0 Å². The Morgan fingerprint density at radius 1 is 1.35 bits per heavy atom. The van der Waals surface area contributed by atoms with E-state index in [1.54, 1.807) is 6.92 Å². The first-order valence-corrected chi connectivity index (χ1v) is 6.49. The van der Waals surface area contributed by atoms with Crippen molar-refractivity contribution in [3.8, 4) is 0 Å². The van der Waals surface area contributed by atoms with Crippen molar-refractivity contribution < 1.29 is 19.4 Å². The van der Waals surface area contributed by atoms with Crippen molar-refractivity contribution in [1.82, 2.24) is 0 Å². The quantitative estimate of drug-likeness (QED) is 0.767. The minimum atomic E-state index is -1.36. The van der Waals surface area contributed by atoms with Crippen LogP contribution in [0, 0.1) is 5.92 Å². The van der Waals surface area contributed by atoms with E-state index in [0.29, 0.717) is 25.9 Å². The zero-order chi connectivity index (χ0) is 13.1. The molecule has 4 heteroatoms. The summed E-state index contributed by atoms with van der Waals surface area (Å²) in [5.74, 6) is -0.570. The Hall–Kier alpha value is -0.610. The number of carbonyl (C=O) groups excluding carboxylic acids is 1. The number of aliphatic hydroxyl groups is 1. The molecule has 100 valence electrons. The summed E-state index contributed by atoms with van der Waals surface area (Å²) in [6.45, 7) is 7.83. The lowest BCUT2D eigenvalue weighted by Crippen LogP contribution is -2.50. The first kappa shape index (κ1) is 14.5. The molecule has 17 heavy (non-hydrogen) atoms. The van der Waals surface area contributed by atoms with E-state index in [4.69, 9.17) is 9.47 Å². The lowest BCUT2D eigenvalue weighted by atomic mass is 9.77. The normalized spacial score (nSPS) is 32.9. The molecule has 1 rings (SSSR count). The first-order chi connectivity index (χ1) is 7.93. The summed E-state index contributed by atoms with van der Waals surface area (Å²) in [7, 11) is 0. The molecule has 0 aromatic heterocycles. The van der Waals surface area contributed by atoms with E-state index in [-0.39, 0.29) is 18.1 Å². The second kappa shape index (κ2) is 5.83. The van der Waals surface area contributed by atoms with Crippen LogP contribution < -0.4 is 0 Å². The molecule has 3 unspecified atom stereocenters. The summed E-state index contributed by atoms with van der Waals surface area (Å²) in [5, 5.41) is 10.5. The molecule has 1 heterocycles. The highest BCUT2D eigenvalue weighted by Crippen LogP contribution is 2.35. The molecule has 1 saturated heterocycles. The summed E-state index contributed by atoms with van der Waals surface area (Å²) in [4.78, 5) is 11.9. The topological polar surface area (TPSA) is 55.8 Å². The highest BCUT2D eigenvalue weighted by molar-refractivity contribution is 5.79. The minimum absolute atomic E-state index is 0.0784. The van der Waals surface area contributed by atoms with Crippen LogP contribution in [0.5, 0.6) is 0 Å². The third-order valence-electron chi connectivity index (χ3n) is 3.54. The average molecular weight is 244 g/mol. The van der Waals surface area contributed by atoms with Crippen molar-refractivity contribution >= 4 is 5.97 Å². The standard InChI is InChI=1S/C13H24O4/c1-5-13(15,12(14)16-6-2)11-7-9(3)17-10(4)8-11/h9-11,15H,5-8H2,1-4H3. The van der Waals surface area contributed by atoms with Gasteiger partial charge in [0.15, 0.2) is 5.60 Å². The first-order valence-electron chi connectivity index (χ1n) is 6.49. The maximum absolute atomic E-state index is 11.9. The van der Waals surface area contributed by atoms with Crippen LogP contribution in [-0.2, 0) is 14.3 Å². The Labute approximate surface area is 103 Å². The van der Waals surface area contributed by atoms with Gasteiger partial charge in [-0.25, -0.2) is 4.79 Å². The van der Waals surface area contributed by atoms with Crippen molar-refractivity contribution in [2.45, 2.75) is 64.8 Å². The van der Waals surface area contributed by atoms with Crippen molar-refractivity contribution in [3.63, 3.8) is 0 Å². The molecule has 1 fully saturated rings. The van der Waals surface area contributed by atoms with Gasteiger partial charge in [-0.15, -0.1) is 0 Å². The maximum Gasteiger partial charge on any atom is 0.338 e. The summed E-state index contributed by atoms with van der Waals surface area (Å²) < 4.78 is 10.6. The third kappa shape index (κ3) is 3.19. The number of rotatable bonds is 4. The van der Waals surface area contributed by atoms with Gasteiger partial charge in [0.2, 0.25) is 0 Å². The highest BCUT2D eigenvalue weighted by atomic mass is 16.5. The van der Waals surface area contributed by atoms with E-state index in [1.807, 2.05) is 20.8 Å². The van der Waals surface area contributed by atoms with Gasteiger partial charge < -0.3 is 14.6 Å². The minimum Gasteiger partial charge on any atom is -0.464 e. The van der Waals surface area contributed by atoms with E-state index in [9.17, 15) is 9.90 Å². The van der Waals surface area contributed by atoms with E-state index in [1.165, 1.54) is 0 Å². The molecule has 4 nitrogen and oxygen atoms in total. The summed E-state index contributed by atoms with van der Waals surface area (Å²) in [5.41, 5.74) is -1.36. The van der Waals surface area contributed by atoms with E-state index >= 15 is 0 Å². The van der Waals surface area contributed by atoms with Crippen LogP contribution in [0.1, 0.15) is 47.0 Å². The van der Waals surface area contributed by atoms with Gasteiger partial charge in [0, 0.05) is 5.92 Å². The molecule has 0 saturated carbocycles. The second-order valence-corrected chi connectivity index (χ2v) is 4.92. The Morgan fingerprint density at radius 2 is 1.88 bits per heavy atom. The maximum atomic E-state index is 11.9. The van der Waals surface area contributed by atoms with Crippen molar-refractivity contribution in [2.75, 3.05) is 6.61 Å². The average Bonchev–Trinajstić information content (AvgIpc) is 2.26. The molecular formula is C13H24O4. The molecule has 1 aliphatic heterocycles. The zero-order valence-corrected chi connectivity index (χ0v) is 11.2. The molecule has 0 bridgehead atoms. The number of esters is 1. The SMILES string of the molecule is CCOC(=O)C(O)(CC)C1CC(C)OC(C)C1. The van der Waals surface area contributed by atoms with Crippen LogP contribution in [0.15, 0.2) is 0 Å². The van der Waals surface area contributed by atoms with Gasteiger partial charge in [-0.05, 0) is 40.0 Å². The van der Waals surface area contributed by atoms with Crippen LogP contribution in [0.3, 0.4) is 0 Å². The lowest BCUT2D eigenvalue weighted by Gasteiger charge is -2.40. The molecular weight excluding hydrogens is 220 g/mol. The predicted molar refractivity (Wildman–Crippen MR) is 64.6 cm³/mol. The Morgan fingerprint density at radius 3 is 2.29 bits per heavy atom.